The number of benzene rings is 2. The van der Waals surface area contributed by atoms with Crippen LogP contribution in [0.2, 0.25) is 0 Å². The lowest BCUT2D eigenvalue weighted by atomic mass is 10.2. The standard InChI is InChI=1S/C21H18N2O4/c1-12-8-9-18(26-3)15(10-12)22-20(24)16-11-14-19(23(16)2)13-6-4-5-7-17(13)27-21(14)25/h4-11H,1-3H3,(H,22,24). The SMILES string of the molecule is COc1ccc(C)cc1NC(=O)c1cc2c(=O)oc3ccccc3c2n1C. The van der Waals surface area contributed by atoms with Crippen molar-refractivity contribution >= 4 is 33.5 Å². The number of para-hydroxylation sites is 1. The van der Waals surface area contributed by atoms with E-state index in [2.05, 4.69) is 5.32 Å². The van der Waals surface area contributed by atoms with E-state index in [1.54, 1.807) is 43.0 Å². The van der Waals surface area contributed by atoms with Crippen molar-refractivity contribution in [1.82, 2.24) is 4.57 Å². The Kier molecular flexibility index (Phi) is 3.96. The average molecular weight is 362 g/mol. The van der Waals surface area contributed by atoms with Gasteiger partial charge in [0.05, 0.1) is 23.7 Å². The maximum absolute atomic E-state index is 12.9. The number of nitrogens with one attached hydrogen (secondary N) is 1. The Morgan fingerprint density at radius 1 is 1.11 bits per heavy atom. The van der Waals surface area contributed by atoms with Crippen molar-refractivity contribution in [3.63, 3.8) is 0 Å². The lowest BCUT2D eigenvalue weighted by molar-refractivity contribution is 0.101. The first kappa shape index (κ1) is 16.9. The van der Waals surface area contributed by atoms with Gasteiger partial charge < -0.3 is 19.0 Å². The van der Waals surface area contributed by atoms with Gasteiger partial charge in [0.1, 0.15) is 17.0 Å². The smallest absolute Gasteiger partial charge is 0.345 e. The molecule has 0 saturated heterocycles. The summed E-state index contributed by atoms with van der Waals surface area (Å²) >= 11 is 0. The fourth-order valence-corrected chi connectivity index (χ4v) is 3.31. The van der Waals surface area contributed by atoms with Crippen LogP contribution in [0.5, 0.6) is 5.75 Å². The molecule has 0 atom stereocenters. The molecule has 1 amide bonds. The second-order valence-electron chi connectivity index (χ2n) is 6.39. The van der Waals surface area contributed by atoms with Crippen LogP contribution in [0, 0.1) is 6.92 Å². The Balaban J connectivity index is 1.85. The molecule has 2 aromatic carbocycles. The first-order chi connectivity index (χ1) is 13.0. The van der Waals surface area contributed by atoms with Gasteiger partial charge in [-0.25, -0.2) is 4.79 Å². The summed E-state index contributed by atoms with van der Waals surface area (Å²) in [6, 6.07) is 14.4. The van der Waals surface area contributed by atoms with Crippen LogP contribution >= 0.6 is 0 Å². The summed E-state index contributed by atoms with van der Waals surface area (Å²) in [5.41, 5.74) is 2.62. The molecule has 0 unspecified atom stereocenters. The fraction of sp³-hybridized carbons (Fsp3) is 0.143. The van der Waals surface area contributed by atoms with Crippen molar-refractivity contribution in [2.45, 2.75) is 6.92 Å². The van der Waals surface area contributed by atoms with Crippen molar-refractivity contribution in [2.24, 2.45) is 7.05 Å². The molecule has 136 valence electrons. The molecule has 4 rings (SSSR count). The van der Waals surface area contributed by atoms with E-state index in [0.29, 0.717) is 33.6 Å². The van der Waals surface area contributed by atoms with E-state index >= 15 is 0 Å². The quantitative estimate of drug-likeness (QED) is 0.562. The molecule has 0 aliphatic heterocycles. The molecule has 27 heavy (non-hydrogen) atoms. The minimum atomic E-state index is -0.466. The number of carbonyl (C=O) groups is 1. The molecule has 0 aliphatic rings. The highest BCUT2D eigenvalue weighted by molar-refractivity contribution is 6.10. The first-order valence-corrected chi connectivity index (χ1v) is 8.47. The lowest BCUT2D eigenvalue weighted by Crippen LogP contribution is -2.16. The molecule has 2 aromatic heterocycles. The number of ether oxygens (including phenoxy) is 1. The highest BCUT2D eigenvalue weighted by Crippen LogP contribution is 2.28. The molecule has 6 nitrogen and oxygen atoms in total. The number of fused-ring (bicyclic) bond motifs is 3. The summed E-state index contributed by atoms with van der Waals surface area (Å²) in [6.07, 6.45) is 0. The van der Waals surface area contributed by atoms with Crippen molar-refractivity contribution in [2.75, 3.05) is 12.4 Å². The third-order valence-electron chi connectivity index (χ3n) is 4.63. The van der Waals surface area contributed by atoms with E-state index < -0.39 is 5.63 Å². The number of carbonyl (C=O) groups excluding carboxylic acids is 1. The van der Waals surface area contributed by atoms with Crippen LogP contribution in [-0.2, 0) is 7.05 Å². The summed E-state index contributed by atoms with van der Waals surface area (Å²) < 4.78 is 12.4. The molecule has 1 N–H and O–H groups in total. The second-order valence-corrected chi connectivity index (χ2v) is 6.39. The maximum Gasteiger partial charge on any atom is 0.345 e. The summed E-state index contributed by atoms with van der Waals surface area (Å²) in [5, 5.41) is 4.02. The number of aromatic nitrogens is 1. The zero-order valence-corrected chi connectivity index (χ0v) is 15.2. The van der Waals surface area contributed by atoms with Crippen LogP contribution in [0.4, 0.5) is 5.69 Å². The van der Waals surface area contributed by atoms with Crippen molar-refractivity contribution in [3.8, 4) is 5.75 Å². The number of rotatable bonds is 3. The van der Waals surface area contributed by atoms with Crippen molar-refractivity contribution in [1.29, 1.82) is 0 Å². The molecule has 2 heterocycles. The number of nitrogens with zero attached hydrogens (tertiary/aromatic N) is 1. The summed E-state index contributed by atoms with van der Waals surface area (Å²) in [6.45, 7) is 1.93. The fourth-order valence-electron chi connectivity index (χ4n) is 3.31. The molecule has 0 bridgehead atoms. The number of aryl methyl sites for hydroxylation is 2. The number of hydrogen-bond donors (Lipinski definition) is 1. The molecular formula is C21H18N2O4. The van der Waals surface area contributed by atoms with E-state index in [0.717, 1.165) is 10.9 Å². The van der Waals surface area contributed by atoms with E-state index in [9.17, 15) is 9.59 Å². The Labute approximate surface area is 155 Å². The third-order valence-corrected chi connectivity index (χ3v) is 4.63. The van der Waals surface area contributed by atoms with Gasteiger partial charge in [-0.3, -0.25) is 4.79 Å². The van der Waals surface area contributed by atoms with Gasteiger partial charge in [0.15, 0.2) is 0 Å². The van der Waals surface area contributed by atoms with Gasteiger partial charge in [0.2, 0.25) is 0 Å². The molecule has 0 aliphatic carbocycles. The third kappa shape index (κ3) is 2.75. The molecular weight excluding hydrogens is 344 g/mol. The second kappa shape index (κ2) is 6.32. The Bertz CT molecular complexity index is 1250. The van der Waals surface area contributed by atoms with Crippen molar-refractivity contribution in [3.05, 3.63) is 70.2 Å². The van der Waals surface area contributed by atoms with Gasteiger partial charge in [-0.05, 0) is 42.8 Å². The normalized spacial score (nSPS) is 11.1. The minimum absolute atomic E-state index is 0.332. The maximum atomic E-state index is 12.9. The van der Waals surface area contributed by atoms with Crippen LogP contribution in [0.3, 0.4) is 0 Å². The average Bonchev–Trinajstić information content (AvgIpc) is 3.01. The monoisotopic (exact) mass is 362 g/mol. The van der Waals surface area contributed by atoms with Gasteiger partial charge in [-0.1, -0.05) is 18.2 Å². The van der Waals surface area contributed by atoms with Gasteiger partial charge in [0, 0.05) is 12.4 Å². The first-order valence-electron chi connectivity index (χ1n) is 8.47. The molecule has 4 aromatic rings. The Hall–Kier alpha value is -3.54. The van der Waals surface area contributed by atoms with E-state index in [-0.39, 0.29) is 5.91 Å². The van der Waals surface area contributed by atoms with Crippen LogP contribution in [0.25, 0.3) is 21.9 Å². The zero-order chi connectivity index (χ0) is 19.1. The van der Waals surface area contributed by atoms with Gasteiger partial charge in [-0.2, -0.15) is 0 Å². The Morgan fingerprint density at radius 3 is 2.67 bits per heavy atom. The van der Waals surface area contributed by atoms with E-state index in [1.807, 2.05) is 31.2 Å². The summed E-state index contributed by atoms with van der Waals surface area (Å²) in [5.74, 6) is 0.235. The number of anilines is 1. The number of methoxy groups -OCH3 is 1. The Morgan fingerprint density at radius 2 is 1.89 bits per heavy atom. The number of amides is 1. The molecule has 6 heteroatoms. The zero-order valence-electron chi connectivity index (χ0n) is 15.2. The van der Waals surface area contributed by atoms with Crippen LogP contribution in [0.15, 0.2) is 57.7 Å². The van der Waals surface area contributed by atoms with Crippen LogP contribution in [-0.4, -0.2) is 17.6 Å². The number of hydrogen-bond acceptors (Lipinski definition) is 4. The molecule has 0 radical (unpaired) electrons. The van der Waals surface area contributed by atoms with Crippen LogP contribution < -0.4 is 15.7 Å². The predicted octanol–water partition coefficient (Wildman–Crippen LogP) is 3.85. The van der Waals surface area contributed by atoms with Crippen molar-refractivity contribution < 1.29 is 13.9 Å². The van der Waals surface area contributed by atoms with Crippen LogP contribution in [0.1, 0.15) is 16.1 Å². The van der Waals surface area contributed by atoms with Gasteiger partial charge >= 0.3 is 5.63 Å². The lowest BCUT2D eigenvalue weighted by Gasteiger charge is -2.11. The molecule has 0 saturated carbocycles. The van der Waals surface area contributed by atoms with E-state index in [1.165, 1.54) is 0 Å². The minimum Gasteiger partial charge on any atom is -0.495 e. The van der Waals surface area contributed by atoms with Gasteiger partial charge in [0.25, 0.3) is 5.91 Å². The van der Waals surface area contributed by atoms with Gasteiger partial charge in [-0.15, -0.1) is 0 Å². The summed E-state index contributed by atoms with van der Waals surface area (Å²) in [4.78, 5) is 25.3. The predicted molar refractivity (Wildman–Crippen MR) is 105 cm³/mol. The molecule has 0 fully saturated rings. The largest absolute Gasteiger partial charge is 0.495 e. The van der Waals surface area contributed by atoms with E-state index in [4.69, 9.17) is 9.15 Å². The molecule has 0 spiro atoms. The highest BCUT2D eigenvalue weighted by atomic mass is 16.5. The highest BCUT2D eigenvalue weighted by Gasteiger charge is 2.19. The summed E-state index contributed by atoms with van der Waals surface area (Å²) in [7, 11) is 3.31. The topological polar surface area (TPSA) is 73.5 Å².